The number of rotatable bonds is 4. The molecule has 0 bridgehead atoms. The maximum absolute atomic E-state index is 13.1. The van der Waals surface area contributed by atoms with Crippen molar-refractivity contribution < 1.29 is 14.3 Å². The molecule has 1 aliphatic heterocycles. The molecule has 5 nitrogen and oxygen atoms in total. The van der Waals surface area contributed by atoms with Crippen molar-refractivity contribution in [1.29, 1.82) is 0 Å². The molecular weight excluding hydrogens is 411 g/mol. The summed E-state index contributed by atoms with van der Waals surface area (Å²) in [6.07, 6.45) is 0. The first-order chi connectivity index (χ1) is 13.6. The maximum Gasteiger partial charge on any atom is 0.255 e. The van der Waals surface area contributed by atoms with E-state index < -0.39 is 5.41 Å². The molecule has 0 atom stereocenters. The number of hydrogen-bond donors (Lipinski definition) is 1. The second-order valence-electron chi connectivity index (χ2n) is 8.25. The first kappa shape index (κ1) is 21.5. The third kappa shape index (κ3) is 4.68. The average molecular weight is 435 g/mol. The van der Waals surface area contributed by atoms with Gasteiger partial charge in [-0.15, -0.1) is 0 Å². The predicted octanol–water partition coefficient (Wildman–Crippen LogP) is 5.65. The number of carbonyl (C=O) groups is 2. The Morgan fingerprint density at radius 2 is 1.90 bits per heavy atom. The van der Waals surface area contributed by atoms with E-state index in [0.717, 1.165) is 0 Å². The van der Waals surface area contributed by atoms with Crippen LogP contribution in [-0.2, 0) is 4.79 Å². The van der Waals surface area contributed by atoms with Gasteiger partial charge in [-0.1, -0.05) is 37.0 Å². The molecule has 0 spiro atoms. The second-order valence-corrected chi connectivity index (χ2v) is 9.06. The third-order valence-electron chi connectivity index (χ3n) is 4.65. The summed E-state index contributed by atoms with van der Waals surface area (Å²) in [4.78, 5) is 27.5. The van der Waals surface area contributed by atoms with Crippen molar-refractivity contribution in [2.75, 3.05) is 23.4 Å². The molecular formula is C22H24Cl2N2O3. The van der Waals surface area contributed by atoms with Gasteiger partial charge in [-0.2, -0.15) is 0 Å². The Balaban J connectivity index is 1.93. The van der Waals surface area contributed by atoms with Gasteiger partial charge in [0, 0.05) is 17.8 Å². The fourth-order valence-electron chi connectivity index (χ4n) is 3.11. The number of ether oxygens (including phenoxy) is 1. The number of nitrogens with one attached hydrogen (secondary N) is 1. The minimum Gasteiger partial charge on any atom is -0.490 e. The van der Waals surface area contributed by atoms with Crippen molar-refractivity contribution in [1.82, 2.24) is 0 Å². The van der Waals surface area contributed by atoms with E-state index in [2.05, 4.69) is 19.2 Å². The van der Waals surface area contributed by atoms with Crippen LogP contribution in [0, 0.1) is 11.3 Å². The largest absolute Gasteiger partial charge is 0.490 e. The SMILES string of the molecule is CC(C)CN1C(=O)C(C)(C)COc2ccc(NC(=O)c3ccc(Cl)c(Cl)c3)cc21. The van der Waals surface area contributed by atoms with Crippen LogP contribution in [0.1, 0.15) is 38.1 Å². The Labute approximate surface area is 180 Å². The molecule has 0 saturated carbocycles. The molecule has 0 saturated heterocycles. The summed E-state index contributed by atoms with van der Waals surface area (Å²) in [7, 11) is 0. The van der Waals surface area contributed by atoms with Crippen LogP contribution >= 0.6 is 23.2 Å². The van der Waals surface area contributed by atoms with Gasteiger partial charge < -0.3 is 15.0 Å². The van der Waals surface area contributed by atoms with Crippen LogP contribution in [0.2, 0.25) is 10.0 Å². The summed E-state index contributed by atoms with van der Waals surface area (Å²) in [6, 6.07) is 10.0. The lowest BCUT2D eigenvalue weighted by Crippen LogP contribution is -2.43. The Morgan fingerprint density at radius 3 is 2.55 bits per heavy atom. The summed E-state index contributed by atoms with van der Waals surface area (Å²) in [6.45, 7) is 8.72. The highest BCUT2D eigenvalue weighted by Crippen LogP contribution is 2.38. The number of halogens is 2. The summed E-state index contributed by atoms with van der Waals surface area (Å²) < 4.78 is 5.91. The lowest BCUT2D eigenvalue weighted by molar-refractivity contribution is -0.127. The molecule has 0 unspecified atom stereocenters. The van der Waals surface area contributed by atoms with Crippen LogP contribution in [0.5, 0.6) is 5.75 Å². The molecule has 7 heteroatoms. The van der Waals surface area contributed by atoms with Gasteiger partial charge in [0.05, 0.1) is 21.1 Å². The van der Waals surface area contributed by atoms with Crippen LogP contribution in [0.15, 0.2) is 36.4 Å². The number of nitrogens with zero attached hydrogens (tertiary/aromatic N) is 1. The number of amides is 2. The Morgan fingerprint density at radius 1 is 1.17 bits per heavy atom. The molecule has 0 aromatic heterocycles. The summed E-state index contributed by atoms with van der Waals surface area (Å²) in [5.74, 6) is 0.574. The van der Waals surface area contributed by atoms with E-state index in [9.17, 15) is 9.59 Å². The van der Waals surface area contributed by atoms with Gasteiger partial charge in [-0.25, -0.2) is 0 Å². The molecule has 1 N–H and O–H groups in total. The highest BCUT2D eigenvalue weighted by Gasteiger charge is 2.38. The zero-order chi connectivity index (χ0) is 21.3. The molecule has 0 fully saturated rings. The lowest BCUT2D eigenvalue weighted by atomic mass is 9.92. The van der Waals surface area contributed by atoms with Crippen LogP contribution < -0.4 is 15.0 Å². The molecule has 154 valence electrons. The molecule has 0 radical (unpaired) electrons. The third-order valence-corrected chi connectivity index (χ3v) is 5.39. The van der Waals surface area contributed by atoms with Crippen molar-refractivity contribution in [3.63, 3.8) is 0 Å². The molecule has 1 aliphatic rings. The molecule has 3 rings (SSSR count). The number of anilines is 2. The van der Waals surface area contributed by atoms with E-state index in [-0.39, 0.29) is 17.7 Å². The van der Waals surface area contributed by atoms with Crippen molar-refractivity contribution >= 4 is 46.4 Å². The highest BCUT2D eigenvalue weighted by molar-refractivity contribution is 6.42. The molecule has 1 heterocycles. The minimum atomic E-state index is -0.641. The van der Waals surface area contributed by atoms with Gasteiger partial charge >= 0.3 is 0 Å². The van der Waals surface area contributed by atoms with Crippen LogP contribution in [-0.4, -0.2) is 25.0 Å². The van der Waals surface area contributed by atoms with Gasteiger partial charge in [-0.3, -0.25) is 9.59 Å². The van der Waals surface area contributed by atoms with E-state index in [1.807, 2.05) is 13.8 Å². The van der Waals surface area contributed by atoms with Gasteiger partial charge in [0.15, 0.2) is 0 Å². The van der Waals surface area contributed by atoms with Gasteiger partial charge in [-0.05, 0) is 56.2 Å². The van der Waals surface area contributed by atoms with Crippen molar-refractivity contribution in [3.8, 4) is 5.75 Å². The van der Waals surface area contributed by atoms with Crippen molar-refractivity contribution in [2.24, 2.45) is 11.3 Å². The molecule has 2 aromatic rings. The average Bonchev–Trinajstić information content (AvgIpc) is 2.74. The summed E-state index contributed by atoms with van der Waals surface area (Å²) in [5, 5.41) is 3.55. The smallest absolute Gasteiger partial charge is 0.255 e. The lowest BCUT2D eigenvalue weighted by Gasteiger charge is -2.29. The van der Waals surface area contributed by atoms with E-state index in [0.29, 0.717) is 45.9 Å². The van der Waals surface area contributed by atoms with Crippen LogP contribution in [0.25, 0.3) is 0 Å². The van der Waals surface area contributed by atoms with Gasteiger partial charge in [0.25, 0.3) is 5.91 Å². The minimum absolute atomic E-state index is 0.00194. The molecule has 29 heavy (non-hydrogen) atoms. The number of fused-ring (bicyclic) bond motifs is 1. The van der Waals surface area contributed by atoms with E-state index in [1.165, 1.54) is 6.07 Å². The number of carbonyl (C=O) groups excluding carboxylic acids is 2. The first-order valence-electron chi connectivity index (χ1n) is 9.44. The summed E-state index contributed by atoms with van der Waals surface area (Å²) in [5.41, 5.74) is 0.963. The highest BCUT2D eigenvalue weighted by atomic mass is 35.5. The van der Waals surface area contributed by atoms with Crippen LogP contribution in [0.4, 0.5) is 11.4 Å². The molecule has 2 amide bonds. The fraction of sp³-hybridized carbons (Fsp3) is 0.364. The quantitative estimate of drug-likeness (QED) is 0.675. The summed E-state index contributed by atoms with van der Waals surface area (Å²) >= 11 is 11.9. The monoisotopic (exact) mass is 434 g/mol. The Hall–Kier alpha value is -2.24. The maximum atomic E-state index is 13.1. The normalized spacial score (nSPS) is 15.6. The fourth-order valence-corrected chi connectivity index (χ4v) is 3.41. The van der Waals surface area contributed by atoms with Crippen molar-refractivity contribution in [3.05, 3.63) is 52.0 Å². The Kier molecular flexibility index (Phi) is 6.11. The standard InChI is InChI=1S/C22H24Cl2N2O3/c1-13(2)11-26-18-10-15(6-8-19(18)29-12-22(3,4)21(26)28)25-20(27)14-5-7-16(23)17(24)9-14/h5-10,13H,11-12H2,1-4H3,(H,25,27). The predicted molar refractivity (Wildman–Crippen MR) is 117 cm³/mol. The molecule has 2 aromatic carbocycles. The number of benzene rings is 2. The van der Waals surface area contributed by atoms with E-state index in [4.69, 9.17) is 27.9 Å². The van der Waals surface area contributed by atoms with Crippen LogP contribution in [0.3, 0.4) is 0 Å². The molecule has 0 aliphatic carbocycles. The van der Waals surface area contributed by atoms with E-state index in [1.54, 1.807) is 35.2 Å². The number of hydrogen-bond acceptors (Lipinski definition) is 3. The topological polar surface area (TPSA) is 58.6 Å². The second kappa shape index (κ2) is 8.25. The van der Waals surface area contributed by atoms with Crippen molar-refractivity contribution in [2.45, 2.75) is 27.7 Å². The van der Waals surface area contributed by atoms with E-state index >= 15 is 0 Å². The van der Waals surface area contributed by atoms with Gasteiger partial charge in [0.2, 0.25) is 5.91 Å². The Bertz CT molecular complexity index is 957. The first-order valence-corrected chi connectivity index (χ1v) is 10.2. The zero-order valence-electron chi connectivity index (χ0n) is 16.9. The zero-order valence-corrected chi connectivity index (χ0v) is 18.4. The van der Waals surface area contributed by atoms with Gasteiger partial charge in [0.1, 0.15) is 12.4 Å².